The summed E-state index contributed by atoms with van der Waals surface area (Å²) in [5.74, 6) is -0.573. The Morgan fingerprint density at radius 1 is 1.33 bits per heavy atom. The number of hydrogen-bond acceptors (Lipinski definition) is 3. The highest BCUT2D eigenvalue weighted by Gasteiger charge is 2.13. The third-order valence-electron chi connectivity index (χ3n) is 3.01. The Hall–Kier alpha value is -2.63. The predicted octanol–water partition coefficient (Wildman–Crippen LogP) is 1.79. The molecule has 0 bridgehead atoms. The number of ether oxygens (including phenoxy) is 1. The number of aromatic amines is 1. The number of aromatic nitrogens is 1. The lowest BCUT2D eigenvalue weighted by atomic mass is 10.2. The lowest BCUT2D eigenvalue weighted by Gasteiger charge is -2.17. The van der Waals surface area contributed by atoms with Crippen LogP contribution in [0.15, 0.2) is 41.3 Å². The molecule has 0 saturated carbocycles. The second kappa shape index (κ2) is 6.21. The monoisotopic (exact) mass is 290 g/mol. The van der Waals surface area contributed by atoms with Crippen LogP contribution in [0, 0.1) is 5.82 Å². The molecule has 0 aliphatic carbocycles. The Morgan fingerprint density at radius 2 is 2.10 bits per heavy atom. The summed E-state index contributed by atoms with van der Waals surface area (Å²) in [5, 5.41) is 0. The quantitative estimate of drug-likeness (QED) is 0.934. The molecule has 2 aromatic rings. The van der Waals surface area contributed by atoms with Crippen molar-refractivity contribution >= 4 is 5.91 Å². The molecular formula is C15H15FN2O3. The molecule has 0 aliphatic heterocycles. The van der Waals surface area contributed by atoms with E-state index in [2.05, 4.69) is 4.98 Å². The summed E-state index contributed by atoms with van der Waals surface area (Å²) in [4.78, 5) is 27.0. The Kier molecular flexibility index (Phi) is 4.37. The minimum Gasteiger partial charge on any atom is -0.494 e. The normalized spacial score (nSPS) is 10.2. The zero-order chi connectivity index (χ0) is 15.4. The fraction of sp³-hybridized carbons (Fsp3) is 0.200. The Bertz CT molecular complexity index is 692. The van der Waals surface area contributed by atoms with Crippen molar-refractivity contribution in [2.45, 2.75) is 6.54 Å². The van der Waals surface area contributed by atoms with Crippen LogP contribution < -0.4 is 10.3 Å². The highest BCUT2D eigenvalue weighted by Crippen LogP contribution is 2.18. The number of methoxy groups -OCH3 is 1. The van der Waals surface area contributed by atoms with Crippen molar-refractivity contribution in [1.29, 1.82) is 0 Å². The lowest BCUT2D eigenvalue weighted by Crippen LogP contribution is -2.26. The molecule has 0 saturated heterocycles. The molecule has 1 amide bonds. The summed E-state index contributed by atoms with van der Waals surface area (Å²) >= 11 is 0. The van der Waals surface area contributed by atoms with Gasteiger partial charge in [-0.2, -0.15) is 0 Å². The van der Waals surface area contributed by atoms with Crippen LogP contribution in [0.4, 0.5) is 4.39 Å². The van der Waals surface area contributed by atoms with Gasteiger partial charge in [0.2, 0.25) is 5.56 Å². The molecule has 6 heteroatoms. The third kappa shape index (κ3) is 3.47. The van der Waals surface area contributed by atoms with Crippen LogP contribution in [-0.4, -0.2) is 29.9 Å². The predicted molar refractivity (Wildman–Crippen MR) is 75.8 cm³/mol. The van der Waals surface area contributed by atoms with Crippen LogP contribution in [0.3, 0.4) is 0 Å². The maximum atomic E-state index is 13.6. The average Bonchev–Trinajstić information content (AvgIpc) is 2.47. The van der Waals surface area contributed by atoms with Gasteiger partial charge in [0.15, 0.2) is 11.6 Å². The van der Waals surface area contributed by atoms with E-state index in [4.69, 9.17) is 4.74 Å². The van der Waals surface area contributed by atoms with Gasteiger partial charge >= 0.3 is 0 Å². The molecule has 0 aliphatic rings. The smallest absolute Gasteiger partial charge is 0.255 e. The van der Waals surface area contributed by atoms with Gasteiger partial charge in [0, 0.05) is 25.9 Å². The van der Waals surface area contributed by atoms with E-state index in [1.165, 1.54) is 42.5 Å². The van der Waals surface area contributed by atoms with Crippen LogP contribution in [0.2, 0.25) is 0 Å². The fourth-order valence-corrected chi connectivity index (χ4v) is 1.92. The summed E-state index contributed by atoms with van der Waals surface area (Å²) < 4.78 is 18.4. The van der Waals surface area contributed by atoms with Crippen LogP contribution in [0.25, 0.3) is 0 Å². The zero-order valence-corrected chi connectivity index (χ0v) is 11.7. The van der Waals surface area contributed by atoms with Gasteiger partial charge in [-0.15, -0.1) is 0 Å². The van der Waals surface area contributed by atoms with E-state index in [0.717, 1.165) is 0 Å². The van der Waals surface area contributed by atoms with Crippen molar-refractivity contribution in [3.63, 3.8) is 0 Å². The van der Waals surface area contributed by atoms with E-state index < -0.39 is 5.82 Å². The average molecular weight is 290 g/mol. The molecule has 1 heterocycles. The van der Waals surface area contributed by atoms with E-state index in [9.17, 15) is 14.0 Å². The number of pyridine rings is 1. The molecule has 110 valence electrons. The van der Waals surface area contributed by atoms with Crippen LogP contribution >= 0.6 is 0 Å². The molecule has 0 fully saturated rings. The third-order valence-corrected chi connectivity index (χ3v) is 3.01. The van der Waals surface area contributed by atoms with Gasteiger partial charge < -0.3 is 14.6 Å². The number of hydrogen-bond donors (Lipinski definition) is 1. The highest BCUT2D eigenvalue weighted by molar-refractivity contribution is 5.93. The molecule has 0 radical (unpaired) electrons. The number of H-pyrrole nitrogens is 1. The maximum Gasteiger partial charge on any atom is 0.255 e. The summed E-state index contributed by atoms with van der Waals surface area (Å²) in [6.45, 7) is 0.249. The molecule has 0 atom stereocenters. The van der Waals surface area contributed by atoms with Crippen LogP contribution in [0.5, 0.6) is 5.75 Å². The van der Waals surface area contributed by atoms with Crippen molar-refractivity contribution in [3.8, 4) is 5.75 Å². The summed E-state index contributed by atoms with van der Waals surface area (Å²) in [5.41, 5.74) is 0.742. The number of rotatable bonds is 4. The van der Waals surface area contributed by atoms with E-state index in [1.807, 2.05) is 0 Å². The summed E-state index contributed by atoms with van der Waals surface area (Å²) in [6, 6.07) is 7.28. The number of halogens is 1. The molecule has 0 spiro atoms. The molecule has 1 N–H and O–H groups in total. The van der Waals surface area contributed by atoms with Crippen molar-refractivity contribution < 1.29 is 13.9 Å². The SMILES string of the molecule is COc1ccc(CN(C)C(=O)c2ccc(=O)[nH]c2)cc1F. The van der Waals surface area contributed by atoms with Crippen molar-refractivity contribution in [2.24, 2.45) is 0 Å². The van der Waals surface area contributed by atoms with Gasteiger partial charge in [-0.1, -0.05) is 6.07 Å². The maximum absolute atomic E-state index is 13.6. The van der Waals surface area contributed by atoms with Crippen LogP contribution in [-0.2, 0) is 6.54 Å². The number of benzene rings is 1. The van der Waals surface area contributed by atoms with Crippen LogP contribution in [0.1, 0.15) is 15.9 Å². The summed E-state index contributed by atoms with van der Waals surface area (Å²) in [7, 11) is 3.00. The molecule has 2 rings (SSSR count). The Balaban J connectivity index is 2.12. The fourth-order valence-electron chi connectivity index (χ4n) is 1.92. The van der Waals surface area contributed by atoms with E-state index in [1.54, 1.807) is 13.1 Å². The molecule has 21 heavy (non-hydrogen) atoms. The largest absolute Gasteiger partial charge is 0.494 e. The van der Waals surface area contributed by atoms with E-state index >= 15 is 0 Å². The first kappa shape index (κ1) is 14.8. The van der Waals surface area contributed by atoms with Gasteiger partial charge in [0.1, 0.15) is 0 Å². The minimum absolute atomic E-state index is 0.161. The standard InChI is InChI=1S/C15H15FN2O3/c1-18(15(20)11-4-6-14(19)17-8-11)9-10-3-5-13(21-2)12(16)7-10/h3-8H,9H2,1-2H3,(H,17,19). The first-order chi connectivity index (χ1) is 10.0. The van der Waals surface area contributed by atoms with E-state index in [-0.39, 0.29) is 23.8 Å². The molecule has 0 unspecified atom stereocenters. The van der Waals surface area contributed by atoms with Gasteiger partial charge in [0.05, 0.1) is 12.7 Å². The Morgan fingerprint density at radius 3 is 2.67 bits per heavy atom. The van der Waals surface area contributed by atoms with Crippen molar-refractivity contribution in [3.05, 3.63) is 63.8 Å². The van der Waals surface area contributed by atoms with Gasteiger partial charge in [-0.25, -0.2) is 4.39 Å². The molecule has 1 aromatic heterocycles. The zero-order valence-electron chi connectivity index (χ0n) is 11.7. The number of nitrogens with zero attached hydrogens (tertiary/aromatic N) is 1. The summed E-state index contributed by atoms with van der Waals surface area (Å²) in [6.07, 6.45) is 1.36. The number of amides is 1. The molecular weight excluding hydrogens is 275 g/mol. The van der Waals surface area contributed by atoms with Gasteiger partial charge in [-0.3, -0.25) is 9.59 Å². The van der Waals surface area contributed by atoms with E-state index in [0.29, 0.717) is 11.1 Å². The number of nitrogens with one attached hydrogen (secondary N) is 1. The van der Waals surface area contributed by atoms with Gasteiger partial charge in [0.25, 0.3) is 5.91 Å². The first-order valence-electron chi connectivity index (χ1n) is 6.28. The topological polar surface area (TPSA) is 62.4 Å². The molecule has 5 nitrogen and oxygen atoms in total. The lowest BCUT2D eigenvalue weighted by molar-refractivity contribution is 0.0784. The van der Waals surface area contributed by atoms with Crippen molar-refractivity contribution in [1.82, 2.24) is 9.88 Å². The first-order valence-corrected chi connectivity index (χ1v) is 6.28. The van der Waals surface area contributed by atoms with Gasteiger partial charge in [-0.05, 0) is 23.8 Å². The number of carbonyl (C=O) groups is 1. The second-order valence-electron chi connectivity index (χ2n) is 4.57. The number of carbonyl (C=O) groups excluding carboxylic acids is 1. The van der Waals surface area contributed by atoms with Crippen molar-refractivity contribution in [2.75, 3.05) is 14.2 Å². The highest BCUT2D eigenvalue weighted by atomic mass is 19.1. The molecule has 1 aromatic carbocycles. The minimum atomic E-state index is -0.472. The Labute approximate surface area is 121 Å². The second-order valence-corrected chi connectivity index (χ2v) is 4.57.